The smallest absolute Gasteiger partial charge is 0.229 e. The van der Waals surface area contributed by atoms with Crippen LogP contribution >= 0.6 is 11.6 Å². The first-order valence-electron chi connectivity index (χ1n) is 7.58. The number of rotatable bonds is 4. The third-order valence-corrected chi connectivity index (χ3v) is 4.20. The Labute approximate surface area is 145 Å². The van der Waals surface area contributed by atoms with Gasteiger partial charge in [-0.2, -0.15) is 0 Å². The van der Waals surface area contributed by atoms with E-state index in [0.29, 0.717) is 28.7 Å². The van der Waals surface area contributed by atoms with Crippen LogP contribution in [0.1, 0.15) is 6.42 Å². The Kier molecular flexibility index (Phi) is 4.71. The van der Waals surface area contributed by atoms with E-state index in [0.717, 1.165) is 0 Å². The predicted octanol–water partition coefficient (Wildman–Crippen LogP) is 3.34. The zero-order valence-corrected chi connectivity index (χ0v) is 13.9. The van der Waals surface area contributed by atoms with Gasteiger partial charge in [-0.15, -0.1) is 0 Å². The fourth-order valence-electron chi connectivity index (χ4n) is 2.76. The van der Waals surface area contributed by atoms with E-state index < -0.39 is 5.92 Å². The molecule has 1 aliphatic rings. The summed E-state index contributed by atoms with van der Waals surface area (Å²) < 4.78 is 5.30. The van der Waals surface area contributed by atoms with E-state index in [1.807, 2.05) is 30.3 Å². The van der Waals surface area contributed by atoms with Crippen molar-refractivity contribution in [3.05, 3.63) is 53.6 Å². The lowest BCUT2D eigenvalue weighted by Gasteiger charge is -2.19. The summed E-state index contributed by atoms with van der Waals surface area (Å²) in [6.07, 6.45) is 0.161. The number of methoxy groups -OCH3 is 1. The molecule has 0 unspecified atom stereocenters. The fraction of sp³-hybridized carbons (Fsp3) is 0.222. The molecule has 1 N–H and O–H groups in total. The second kappa shape index (κ2) is 6.93. The third-order valence-electron chi connectivity index (χ3n) is 3.97. The van der Waals surface area contributed by atoms with E-state index in [2.05, 4.69) is 5.32 Å². The Morgan fingerprint density at radius 1 is 1.25 bits per heavy atom. The number of hydrogen-bond acceptors (Lipinski definition) is 3. The van der Waals surface area contributed by atoms with Gasteiger partial charge in [-0.3, -0.25) is 9.59 Å². The number of nitrogens with zero attached hydrogens (tertiary/aromatic N) is 1. The van der Waals surface area contributed by atoms with Crippen molar-refractivity contribution in [3.8, 4) is 5.75 Å². The maximum Gasteiger partial charge on any atom is 0.229 e. The molecule has 1 aliphatic heterocycles. The summed E-state index contributed by atoms with van der Waals surface area (Å²) in [5.41, 5.74) is 1.30. The molecule has 0 saturated carbocycles. The Balaban J connectivity index is 1.76. The molecule has 0 aromatic heterocycles. The molecule has 1 fully saturated rings. The number of anilines is 2. The zero-order valence-electron chi connectivity index (χ0n) is 13.2. The molecule has 0 aliphatic carbocycles. The van der Waals surface area contributed by atoms with Crippen molar-refractivity contribution in [1.29, 1.82) is 0 Å². The molecule has 2 amide bonds. The molecular weight excluding hydrogens is 328 g/mol. The van der Waals surface area contributed by atoms with Crippen molar-refractivity contribution in [3.63, 3.8) is 0 Å². The Morgan fingerprint density at radius 2 is 2.00 bits per heavy atom. The average Bonchev–Trinajstić information content (AvgIpc) is 2.97. The van der Waals surface area contributed by atoms with Crippen molar-refractivity contribution < 1.29 is 14.3 Å². The number of benzene rings is 2. The van der Waals surface area contributed by atoms with Crippen LogP contribution in [0, 0.1) is 5.92 Å². The summed E-state index contributed by atoms with van der Waals surface area (Å²) in [5, 5.41) is 3.35. The predicted molar refractivity (Wildman–Crippen MR) is 93.5 cm³/mol. The van der Waals surface area contributed by atoms with Gasteiger partial charge in [0.1, 0.15) is 5.75 Å². The van der Waals surface area contributed by atoms with Crippen molar-refractivity contribution in [2.75, 3.05) is 23.9 Å². The van der Waals surface area contributed by atoms with Gasteiger partial charge in [0.15, 0.2) is 0 Å². The summed E-state index contributed by atoms with van der Waals surface area (Å²) in [6, 6.07) is 14.3. The summed E-state index contributed by atoms with van der Waals surface area (Å²) in [5.74, 6) is -0.153. The summed E-state index contributed by atoms with van der Waals surface area (Å²) in [6.45, 7) is 0.300. The van der Waals surface area contributed by atoms with Crippen LogP contribution in [0.3, 0.4) is 0 Å². The van der Waals surface area contributed by atoms with Gasteiger partial charge < -0.3 is 15.0 Å². The standard InChI is InChI=1S/C18H17ClN2O3/c1-24-16-8-7-13(19)10-15(16)21-11-12(9-17(21)22)18(23)20-14-5-3-2-4-6-14/h2-8,10,12H,9,11H2,1H3,(H,20,23)/t12-/m1/s1. The lowest BCUT2D eigenvalue weighted by molar-refractivity contribution is -0.122. The molecule has 3 rings (SSSR count). The maximum atomic E-state index is 12.4. The first kappa shape index (κ1) is 16.3. The van der Waals surface area contributed by atoms with Gasteiger partial charge >= 0.3 is 0 Å². The molecule has 2 aromatic carbocycles. The SMILES string of the molecule is COc1ccc(Cl)cc1N1C[C@H](C(=O)Nc2ccccc2)CC1=O. The lowest BCUT2D eigenvalue weighted by Crippen LogP contribution is -2.28. The van der Waals surface area contributed by atoms with E-state index in [4.69, 9.17) is 16.3 Å². The van der Waals surface area contributed by atoms with Crippen LogP contribution in [0.15, 0.2) is 48.5 Å². The highest BCUT2D eigenvalue weighted by molar-refractivity contribution is 6.31. The van der Waals surface area contributed by atoms with E-state index in [1.54, 1.807) is 23.1 Å². The molecule has 1 atom stereocenters. The molecule has 0 radical (unpaired) electrons. The van der Waals surface area contributed by atoms with Gasteiger partial charge in [0, 0.05) is 23.7 Å². The number of ether oxygens (including phenoxy) is 1. The molecule has 0 spiro atoms. The largest absolute Gasteiger partial charge is 0.495 e. The summed E-state index contributed by atoms with van der Waals surface area (Å²) >= 11 is 6.03. The molecule has 6 heteroatoms. The minimum Gasteiger partial charge on any atom is -0.495 e. The van der Waals surface area contributed by atoms with Gasteiger partial charge in [0.25, 0.3) is 0 Å². The highest BCUT2D eigenvalue weighted by Gasteiger charge is 2.36. The monoisotopic (exact) mass is 344 g/mol. The lowest BCUT2D eigenvalue weighted by atomic mass is 10.1. The van der Waals surface area contributed by atoms with Crippen molar-refractivity contribution in [2.45, 2.75) is 6.42 Å². The second-order valence-electron chi connectivity index (χ2n) is 5.58. The Bertz CT molecular complexity index is 764. The zero-order chi connectivity index (χ0) is 17.1. The minimum absolute atomic E-state index is 0.122. The molecule has 124 valence electrons. The Hall–Kier alpha value is -2.53. The summed E-state index contributed by atoms with van der Waals surface area (Å²) in [4.78, 5) is 26.3. The van der Waals surface area contributed by atoms with Crippen molar-refractivity contribution in [2.24, 2.45) is 5.92 Å². The quantitative estimate of drug-likeness (QED) is 0.925. The van der Waals surface area contributed by atoms with Gasteiger partial charge in [-0.25, -0.2) is 0 Å². The first-order valence-corrected chi connectivity index (χ1v) is 7.96. The molecule has 5 nitrogen and oxygen atoms in total. The molecule has 0 bridgehead atoms. The molecule has 1 heterocycles. The van der Waals surface area contributed by atoms with Crippen LogP contribution in [0.25, 0.3) is 0 Å². The van der Waals surface area contributed by atoms with E-state index in [-0.39, 0.29) is 18.2 Å². The van der Waals surface area contributed by atoms with Crippen LogP contribution in [0.5, 0.6) is 5.75 Å². The van der Waals surface area contributed by atoms with E-state index in [9.17, 15) is 9.59 Å². The number of halogens is 1. The molecule has 1 saturated heterocycles. The van der Waals surface area contributed by atoms with Crippen molar-refractivity contribution in [1.82, 2.24) is 0 Å². The van der Waals surface area contributed by atoms with Gasteiger partial charge in [-0.1, -0.05) is 29.8 Å². The van der Waals surface area contributed by atoms with Crippen LogP contribution in [-0.4, -0.2) is 25.5 Å². The number of nitrogens with one attached hydrogen (secondary N) is 1. The molecule has 24 heavy (non-hydrogen) atoms. The number of amides is 2. The maximum absolute atomic E-state index is 12.4. The Morgan fingerprint density at radius 3 is 2.71 bits per heavy atom. The minimum atomic E-state index is -0.415. The summed E-state index contributed by atoms with van der Waals surface area (Å²) in [7, 11) is 1.53. The number of carbonyl (C=O) groups is 2. The first-order chi connectivity index (χ1) is 11.6. The van der Waals surface area contributed by atoms with Crippen LogP contribution in [0.2, 0.25) is 5.02 Å². The number of hydrogen-bond donors (Lipinski definition) is 1. The topological polar surface area (TPSA) is 58.6 Å². The van der Waals surface area contributed by atoms with Crippen LogP contribution in [-0.2, 0) is 9.59 Å². The third kappa shape index (κ3) is 3.36. The molecule has 2 aromatic rings. The fourth-order valence-corrected chi connectivity index (χ4v) is 2.92. The number of carbonyl (C=O) groups excluding carboxylic acids is 2. The van der Waals surface area contributed by atoms with Crippen LogP contribution < -0.4 is 15.0 Å². The van der Waals surface area contributed by atoms with Gasteiger partial charge in [0.05, 0.1) is 18.7 Å². The van der Waals surface area contributed by atoms with Crippen molar-refractivity contribution >= 4 is 34.8 Å². The highest BCUT2D eigenvalue weighted by atomic mass is 35.5. The normalized spacial score (nSPS) is 17.0. The van der Waals surface area contributed by atoms with Crippen LogP contribution in [0.4, 0.5) is 11.4 Å². The van der Waals surface area contributed by atoms with Gasteiger partial charge in [0.2, 0.25) is 11.8 Å². The highest BCUT2D eigenvalue weighted by Crippen LogP contribution is 2.35. The van der Waals surface area contributed by atoms with E-state index in [1.165, 1.54) is 7.11 Å². The van der Waals surface area contributed by atoms with E-state index >= 15 is 0 Å². The second-order valence-corrected chi connectivity index (χ2v) is 6.01. The average molecular weight is 345 g/mol. The molecular formula is C18H17ClN2O3. The van der Waals surface area contributed by atoms with Gasteiger partial charge in [-0.05, 0) is 30.3 Å². The number of para-hydroxylation sites is 1.